The summed E-state index contributed by atoms with van der Waals surface area (Å²) in [7, 11) is 0. The average molecular weight is 193 g/mol. The van der Waals surface area contributed by atoms with Crippen LogP contribution in [0.2, 0.25) is 0 Å². The van der Waals surface area contributed by atoms with Gasteiger partial charge in [-0.25, -0.2) is 0 Å². The first kappa shape index (κ1) is 11.8. The van der Waals surface area contributed by atoms with Crippen molar-refractivity contribution in [2.45, 2.75) is 33.1 Å². The van der Waals surface area contributed by atoms with Crippen molar-refractivity contribution >= 4 is 17.6 Å². The van der Waals surface area contributed by atoms with Gasteiger partial charge in [-0.1, -0.05) is 13.8 Å². The molecule has 0 aliphatic heterocycles. The number of ether oxygens (including phenoxy) is 1. The molecule has 0 aromatic heterocycles. The van der Waals surface area contributed by atoms with Crippen LogP contribution >= 0.6 is 11.6 Å². The highest BCUT2D eigenvalue weighted by molar-refractivity contribution is 6.17. The summed E-state index contributed by atoms with van der Waals surface area (Å²) in [5.41, 5.74) is 0. The summed E-state index contributed by atoms with van der Waals surface area (Å²) in [6.45, 7) is 4.64. The number of esters is 1. The van der Waals surface area contributed by atoms with Crippen LogP contribution in [0.1, 0.15) is 33.1 Å². The zero-order valence-corrected chi connectivity index (χ0v) is 8.56. The fourth-order valence-corrected chi connectivity index (χ4v) is 0.828. The van der Waals surface area contributed by atoms with Crippen LogP contribution in [0.5, 0.6) is 0 Å². The normalized spacial score (nSPS) is 10.3. The Balaban J connectivity index is 3.22. The minimum atomic E-state index is -0.103. The molecule has 0 saturated heterocycles. The molecule has 0 fully saturated rings. The zero-order valence-electron chi connectivity index (χ0n) is 7.81. The Hall–Kier alpha value is -0.240. The number of hydrogen-bond donors (Lipinski definition) is 0. The van der Waals surface area contributed by atoms with E-state index in [1.165, 1.54) is 0 Å². The second-order valence-corrected chi connectivity index (χ2v) is 3.57. The van der Waals surface area contributed by atoms with E-state index >= 15 is 0 Å². The standard InChI is InChI=1S/C9H17ClO2/c1-8(2)4-5-9(11)12-7-3-6-10/h8H,3-7H2,1-2H3. The van der Waals surface area contributed by atoms with Crippen LogP contribution in [-0.4, -0.2) is 18.5 Å². The van der Waals surface area contributed by atoms with E-state index in [1.807, 2.05) is 0 Å². The topological polar surface area (TPSA) is 26.3 Å². The molecule has 2 nitrogen and oxygen atoms in total. The summed E-state index contributed by atoms with van der Waals surface area (Å²) in [6.07, 6.45) is 2.18. The molecule has 0 aliphatic rings. The highest BCUT2D eigenvalue weighted by atomic mass is 35.5. The summed E-state index contributed by atoms with van der Waals surface area (Å²) in [6, 6.07) is 0. The molecule has 0 amide bonds. The number of carbonyl (C=O) groups excluding carboxylic acids is 1. The molecule has 0 heterocycles. The molecule has 72 valence electrons. The van der Waals surface area contributed by atoms with Gasteiger partial charge in [-0.05, 0) is 18.8 Å². The first-order valence-electron chi connectivity index (χ1n) is 4.38. The van der Waals surface area contributed by atoms with E-state index in [2.05, 4.69) is 13.8 Å². The monoisotopic (exact) mass is 192 g/mol. The maximum Gasteiger partial charge on any atom is 0.305 e. The van der Waals surface area contributed by atoms with Gasteiger partial charge in [0.25, 0.3) is 0 Å². The van der Waals surface area contributed by atoms with Crippen molar-refractivity contribution in [3.05, 3.63) is 0 Å². The molecule has 3 heteroatoms. The van der Waals surface area contributed by atoms with Gasteiger partial charge in [-0.2, -0.15) is 0 Å². The Morgan fingerprint density at radius 3 is 2.67 bits per heavy atom. The zero-order chi connectivity index (χ0) is 9.40. The Morgan fingerprint density at radius 1 is 1.50 bits per heavy atom. The van der Waals surface area contributed by atoms with Gasteiger partial charge in [0.05, 0.1) is 6.61 Å². The predicted molar refractivity (Wildman–Crippen MR) is 50.4 cm³/mol. The van der Waals surface area contributed by atoms with Crippen LogP contribution in [0, 0.1) is 5.92 Å². The lowest BCUT2D eigenvalue weighted by molar-refractivity contribution is -0.143. The lowest BCUT2D eigenvalue weighted by Gasteiger charge is -2.04. The maximum absolute atomic E-state index is 11.0. The third-order valence-electron chi connectivity index (χ3n) is 1.47. The van der Waals surface area contributed by atoms with Gasteiger partial charge < -0.3 is 4.74 Å². The van der Waals surface area contributed by atoms with Gasteiger partial charge >= 0.3 is 5.97 Å². The summed E-state index contributed by atoms with van der Waals surface area (Å²) < 4.78 is 4.91. The molecule has 0 aliphatic carbocycles. The number of alkyl halides is 1. The highest BCUT2D eigenvalue weighted by Gasteiger charge is 2.03. The van der Waals surface area contributed by atoms with E-state index in [1.54, 1.807) is 0 Å². The van der Waals surface area contributed by atoms with Crippen molar-refractivity contribution in [3.63, 3.8) is 0 Å². The summed E-state index contributed by atoms with van der Waals surface area (Å²) in [5.74, 6) is 1.01. The van der Waals surface area contributed by atoms with Crippen LogP contribution in [0.15, 0.2) is 0 Å². The SMILES string of the molecule is CC(C)CCC(=O)OCCCCl. The van der Waals surface area contributed by atoms with Gasteiger partial charge in [0.15, 0.2) is 0 Å². The molecule has 0 spiro atoms. The van der Waals surface area contributed by atoms with Gasteiger partial charge in [0.1, 0.15) is 0 Å². The predicted octanol–water partition coefficient (Wildman–Crippen LogP) is 2.59. The van der Waals surface area contributed by atoms with E-state index in [-0.39, 0.29) is 5.97 Å². The summed E-state index contributed by atoms with van der Waals surface area (Å²) in [4.78, 5) is 11.0. The molecule has 0 radical (unpaired) electrons. The molecular weight excluding hydrogens is 176 g/mol. The fourth-order valence-electron chi connectivity index (χ4n) is 0.719. The van der Waals surface area contributed by atoms with E-state index < -0.39 is 0 Å². The molecule has 0 aromatic rings. The van der Waals surface area contributed by atoms with Crippen LogP contribution in [0.25, 0.3) is 0 Å². The van der Waals surface area contributed by atoms with Crippen LogP contribution in [0.4, 0.5) is 0 Å². The van der Waals surface area contributed by atoms with Crippen molar-refractivity contribution in [2.75, 3.05) is 12.5 Å². The van der Waals surface area contributed by atoms with Crippen molar-refractivity contribution in [3.8, 4) is 0 Å². The molecule has 0 unspecified atom stereocenters. The first-order chi connectivity index (χ1) is 5.66. The quantitative estimate of drug-likeness (QED) is 0.367. The minimum Gasteiger partial charge on any atom is -0.466 e. The Labute approximate surface area is 79.2 Å². The molecule has 0 N–H and O–H groups in total. The molecular formula is C9H17ClO2. The smallest absolute Gasteiger partial charge is 0.305 e. The van der Waals surface area contributed by atoms with Crippen molar-refractivity contribution in [2.24, 2.45) is 5.92 Å². The number of rotatable bonds is 6. The van der Waals surface area contributed by atoms with Crippen molar-refractivity contribution in [1.82, 2.24) is 0 Å². The third-order valence-corrected chi connectivity index (χ3v) is 1.73. The van der Waals surface area contributed by atoms with Gasteiger partial charge in [0.2, 0.25) is 0 Å². The second kappa shape index (κ2) is 7.41. The molecule has 0 aromatic carbocycles. The lowest BCUT2D eigenvalue weighted by atomic mass is 10.1. The van der Waals surface area contributed by atoms with E-state index in [9.17, 15) is 4.79 Å². The maximum atomic E-state index is 11.0. The Bertz CT molecular complexity index is 124. The largest absolute Gasteiger partial charge is 0.466 e. The molecule has 0 bridgehead atoms. The molecule has 0 saturated carbocycles. The van der Waals surface area contributed by atoms with E-state index in [0.717, 1.165) is 12.8 Å². The Kier molecular flexibility index (Phi) is 7.26. The second-order valence-electron chi connectivity index (χ2n) is 3.20. The van der Waals surface area contributed by atoms with Crippen LogP contribution in [0.3, 0.4) is 0 Å². The number of halogens is 1. The van der Waals surface area contributed by atoms with Crippen molar-refractivity contribution in [1.29, 1.82) is 0 Å². The van der Waals surface area contributed by atoms with Crippen LogP contribution in [-0.2, 0) is 9.53 Å². The number of carbonyl (C=O) groups is 1. The van der Waals surface area contributed by atoms with Crippen LogP contribution < -0.4 is 0 Å². The average Bonchev–Trinajstić information content (AvgIpc) is 2.01. The molecule has 0 atom stereocenters. The highest BCUT2D eigenvalue weighted by Crippen LogP contribution is 2.04. The van der Waals surface area contributed by atoms with Gasteiger partial charge in [0, 0.05) is 12.3 Å². The summed E-state index contributed by atoms with van der Waals surface area (Å²) in [5, 5.41) is 0. The third kappa shape index (κ3) is 7.86. The van der Waals surface area contributed by atoms with Gasteiger partial charge in [-0.15, -0.1) is 11.6 Å². The lowest BCUT2D eigenvalue weighted by Crippen LogP contribution is -2.07. The van der Waals surface area contributed by atoms with E-state index in [4.69, 9.17) is 16.3 Å². The first-order valence-corrected chi connectivity index (χ1v) is 4.92. The fraction of sp³-hybridized carbons (Fsp3) is 0.889. The Morgan fingerprint density at radius 2 is 2.17 bits per heavy atom. The summed E-state index contributed by atoms with van der Waals surface area (Å²) >= 11 is 5.42. The minimum absolute atomic E-state index is 0.103. The molecule has 12 heavy (non-hydrogen) atoms. The van der Waals surface area contributed by atoms with E-state index in [0.29, 0.717) is 24.8 Å². The van der Waals surface area contributed by atoms with Gasteiger partial charge in [-0.3, -0.25) is 4.79 Å². The molecule has 0 rings (SSSR count). The number of hydrogen-bond acceptors (Lipinski definition) is 2. The van der Waals surface area contributed by atoms with Crippen molar-refractivity contribution < 1.29 is 9.53 Å².